The van der Waals surface area contributed by atoms with E-state index in [9.17, 15) is 13.5 Å². The number of ether oxygens (including phenoxy) is 3. The van der Waals surface area contributed by atoms with Gasteiger partial charge in [-0.1, -0.05) is 19.9 Å². The third-order valence-electron chi connectivity index (χ3n) is 7.90. The van der Waals surface area contributed by atoms with E-state index in [1.165, 1.54) is 30.8 Å². The summed E-state index contributed by atoms with van der Waals surface area (Å²) >= 11 is 0. The highest BCUT2D eigenvalue weighted by Crippen LogP contribution is 2.42. The molecular weight excluding hydrogens is 608 g/mol. The predicted molar refractivity (Wildman–Crippen MR) is 164 cm³/mol. The highest BCUT2D eigenvalue weighted by molar-refractivity contribution is 7.91. The van der Waals surface area contributed by atoms with Crippen LogP contribution in [0, 0.1) is 11.6 Å². The summed E-state index contributed by atoms with van der Waals surface area (Å²) in [5, 5.41) is 16.1. The number of anilines is 1. The normalized spacial score (nSPS) is 17.8. The molecule has 6 rings (SSSR count). The number of fused-ring (bicyclic) bond motifs is 4. The zero-order valence-electron chi connectivity index (χ0n) is 25.3. The molecule has 0 saturated carbocycles. The molecule has 0 unspecified atom stereocenters. The first-order valence-corrected chi connectivity index (χ1v) is 16.2. The van der Waals surface area contributed by atoms with Crippen LogP contribution in [-0.4, -0.2) is 84.7 Å². The summed E-state index contributed by atoms with van der Waals surface area (Å²) in [4.78, 5) is 10.4. The van der Waals surface area contributed by atoms with Gasteiger partial charge in [-0.25, -0.2) is 31.7 Å². The Kier molecular flexibility index (Phi) is 8.10. The molecule has 1 N–H and O–H groups in total. The minimum absolute atomic E-state index is 0.0387. The summed E-state index contributed by atoms with van der Waals surface area (Å²) in [6.07, 6.45) is 1.79. The molecule has 45 heavy (non-hydrogen) atoms. The zero-order valence-corrected chi connectivity index (χ0v) is 26.1. The topological polar surface area (TPSA) is 128 Å². The number of halogens is 2. The van der Waals surface area contributed by atoms with E-state index in [1.54, 1.807) is 43.0 Å². The fraction of sp³-hybridized carbons (Fsp3) is 0.387. The molecule has 3 aromatic heterocycles. The standard InChI is InChI=1S/C31H33F2N5O6S/c1-5-20-22(32)8-7-18-13-19(44-17-42-4)14-21(24(18)20)28-26(33)27-25(23-9-10-34-38(23)28)29(36-30(35-27)45(40,41)6-2)37-11-12-43-16-31(3,39)15-37/h7-10,13-14,39H,5-6,11-12,15-17H2,1-4H3/t31-/m0/s1. The number of β-amino-alcohol motifs (C(OH)–C–C–N with tert-alkyl or cyclic N) is 1. The number of rotatable bonds is 8. The minimum atomic E-state index is -4.01. The lowest BCUT2D eigenvalue weighted by molar-refractivity contribution is -0.0123. The van der Waals surface area contributed by atoms with Gasteiger partial charge < -0.3 is 24.2 Å². The van der Waals surface area contributed by atoms with Gasteiger partial charge in [0.05, 0.1) is 42.6 Å². The van der Waals surface area contributed by atoms with E-state index in [0.717, 1.165) is 0 Å². The smallest absolute Gasteiger partial charge is 0.249 e. The van der Waals surface area contributed by atoms with Crippen molar-refractivity contribution in [1.82, 2.24) is 19.6 Å². The summed E-state index contributed by atoms with van der Waals surface area (Å²) in [7, 11) is -2.54. The third-order valence-corrected chi connectivity index (χ3v) is 9.40. The SMILES string of the molecule is CCc1c(F)ccc2cc(OCOC)cc(-c3c(F)c4nc(S(=O)(=O)CC)nc(N5CCOC[C@@](C)(O)C5)c4c4ccnn34)c12. The van der Waals surface area contributed by atoms with Gasteiger partial charge in [-0.2, -0.15) is 5.10 Å². The quantitative estimate of drug-likeness (QED) is 0.193. The number of aliphatic hydroxyl groups is 1. The number of hydrogen-bond donors (Lipinski definition) is 1. The van der Waals surface area contributed by atoms with E-state index in [2.05, 4.69) is 15.1 Å². The average molecular weight is 642 g/mol. The number of methoxy groups -OCH3 is 1. The largest absolute Gasteiger partial charge is 0.468 e. The second-order valence-corrected chi connectivity index (χ2v) is 13.4. The molecule has 1 atom stereocenters. The van der Waals surface area contributed by atoms with Gasteiger partial charge >= 0.3 is 0 Å². The number of aromatic nitrogens is 4. The number of aryl methyl sites for hydroxylation is 1. The molecule has 0 amide bonds. The number of hydrogen-bond acceptors (Lipinski definition) is 10. The first-order valence-electron chi connectivity index (χ1n) is 14.5. The van der Waals surface area contributed by atoms with Crippen LogP contribution in [0.15, 0.2) is 41.7 Å². The van der Waals surface area contributed by atoms with Crippen LogP contribution in [0.2, 0.25) is 0 Å². The summed E-state index contributed by atoms with van der Waals surface area (Å²) in [6.45, 7) is 5.34. The second kappa shape index (κ2) is 11.7. The summed E-state index contributed by atoms with van der Waals surface area (Å²) in [5.41, 5.74) is -0.599. The van der Waals surface area contributed by atoms with E-state index in [4.69, 9.17) is 14.2 Å². The molecule has 0 aliphatic carbocycles. The van der Waals surface area contributed by atoms with Crippen LogP contribution in [0.25, 0.3) is 38.4 Å². The van der Waals surface area contributed by atoms with Gasteiger partial charge in [0, 0.05) is 19.2 Å². The molecule has 0 spiro atoms. The number of benzene rings is 2. The van der Waals surface area contributed by atoms with E-state index in [1.807, 2.05) is 0 Å². The summed E-state index contributed by atoms with van der Waals surface area (Å²) in [5.74, 6) is -1.18. The third kappa shape index (κ3) is 5.45. The Morgan fingerprint density at radius 3 is 2.67 bits per heavy atom. The lowest BCUT2D eigenvalue weighted by Gasteiger charge is -2.29. The van der Waals surface area contributed by atoms with Crippen molar-refractivity contribution in [2.24, 2.45) is 0 Å². The van der Waals surface area contributed by atoms with Crippen molar-refractivity contribution >= 4 is 42.8 Å². The van der Waals surface area contributed by atoms with Crippen molar-refractivity contribution in [2.75, 3.05) is 50.9 Å². The van der Waals surface area contributed by atoms with Crippen molar-refractivity contribution in [3.05, 3.63) is 53.7 Å². The van der Waals surface area contributed by atoms with Crippen LogP contribution >= 0.6 is 0 Å². The Hall–Kier alpha value is -3.98. The van der Waals surface area contributed by atoms with Crippen LogP contribution in [0.4, 0.5) is 14.6 Å². The molecule has 1 aliphatic heterocycles. The van der Waals surface area contributed by atoms with Gasteiger partial charge in [0.25, 0.3) is 0 Å². The lowest BCUT2D eigenvalue weighted by Crippen LogP contribution is -2.42. The van der Waals surface area contributed by atoms with Gasteiger partial charge in [0.15, 0.2) is 12.6 Å². The fourth-order valence-electron chi connectivity index (χ4n) is 5.84. The number of pyridine rings is 1. The van der Waals surface area contributed by atoms with Crippen LogP contribution in [-0.2, 0) is 25.7 Å². The molecule has 14 heteroatoms. The molecule has 2 aromatic carbocycles. The summed E-state index contributed by atoms with van der Waals surface area (Å²) in [6, 6.07) is 7.89. The molecule has 1 aliphatic rings. The first-order chi connectivity index (χ1) is 21.5. The lowest BCUT2D eigenvalue weighted by atomic mass is 9.94. The summed E-state index contributed by atoms with van der Waals surface area (Å²) < 4.78 is 76.6. The second-order valence-electron chi connectivity index (χ2n) is 11.2. The molecule has 0 bridgehead atoms. The molecule has 238 valence electrons. The Balaban J connectivity index is 1.76. The molecule has 11 nitrogen and oxygen atoms in total. The predicted octanol–water partition coefficient (Wildman–Crippen LogP) is 4.30. The van der Waals surface area contributed by atoms with E-state index in [0.29, 0.717) is 34.0 Å². The highest BCUT2D eigenvalue weighted by atomic mass is 32.2. The monoisotopic (exact) mass is 641 g/mol. The van der Waals surface area contributed by atoms with Gasteiger partial charge in [0.2, 0.25) is 15.0 Å². The Morgan fingerprint density at radius 1 is 1.13 bits per heavy atom. The molecule has 0 radical (unpaired) electrons. The van der Waals surface area contributed by atoms with Crippen molar-refractivity contribution in [3.8, 4) is 17.0 Å². The van der Waals surface area contributed by atoms with Crippen LogP contribution in [0.3, 0.4) is 0 Å². The van der Waals surface area contributed by atoms with Crippen molar-refractivity contribution < 1.29 is 36.5 Å². The van der Waals surface area contributed by atoms with E-state index >= 15 is 8.78 Å². The fourth-order valence-corrected chi connectivity index (χ4v) is 6.56. The number of nitrogens with zero attached hydrogens (tertiary/aromatic N) is 5. The maximum absolute atomic E-state index is 17.3. The average Bonchev–Trinajstić information content (AvgIpc) is 3.42. The number of sulfone groups is 1. The highest BCUT2D eigenvalue weighted by Gasteiger charge is 2.33. The van der Waals surface area contributed by atoms with Crippen molar-refractivity contribution in [1.29, 1.82) is 0 Å². The minimum Gasteiger partial charge on any atom is -0.468 e. The van der Waals surface area contributed by atoms with Crippen molar-refractivity contribution in [3.63, 3.8) is 0 Å². The van der Waals surface area contributed by atoms with Crippen LogP contribution < -0.4 is 9.64 Å². The Labute approximate surface area is 258 Å². The molecule has 4 heterocycles. The molecule has 1 fully saturated rings. The Bertz CT molecular complexity index is 2050. The van der Waals surface area contributed by atoms with Gasteiger partial charge in [0.1, 0.15) is 34.2 Å². The van der Waals surface area contributed by atoms with Crippen LogP contribution in [0.1, 0.15) is 26.3 Å². The Morgan fingerprint density at radius 2 is 1.93 bits per heavy atom. The molecule has 1 saturated heterocycles. The van der Waals surface area contributed by atoms with E-state index < -0.39 is 32.2 Å². The van der Waals surface area contributed by atoms with Crippen LogP contribution in [0.5, 0.6) is 5.75 Å². The molecule has 5 aromatic rings. The zero-order chi connectivity index (χ0) is 32.1. The maximum atomic E-state index is 17.3. The maximum Gasteiger partial charge on any atom is 0.249 e. The van der Waals surface area contributed by atoms with Crippen molar-refractivity contribution in [2.45, 2.75) is 37.9 Å². The van der Waals surface area contributed by atoms with Gasteiger partial charge in [-0.3, -0.25) is 0 Å². The van der Waals surface area contributed by atoms with Gasteiger partial charge in [-0.15, -0.1) is 0 Å². The van der Waals surface area contributed by atoms with E-state index in [-0.39, 0.29) is 66.8 Å². The molecular formula is C31H33F2N5O6S. The first kappa shape index (κ1) is 31.0. The van der Waals surface area contributed by atoms with Gasteiger partial charge in [-0.05, 0) is 53.9 Å².